The first kappa shape index (κ1) is 12.6. The molecule has 0 aromatic rings. The topological polar surface area (TPSA) is 92.4 Å². The van der Waals surface area contributed by atoms with E-state index in [0.29, 0.717) is 6.42 Å². The number of aliphatic carboxylic acids is 1. The summed E-state index contributed by atoms with van der Waals surface area (Å²) in [7, 11) is 0. The minimum atomic E-state index is -1.08. The second-order valence-corrected chi connectivity index (χ2v) is 3.14. The minimum absolute atomic E-state index is 0.0696. The Kier molecular flexibility index (Phi) is 5.55. The summed E-state index contributed by atoms with van der Waals surface area (Å²) in [6.07, 6.45) is 1.95. The van der Waals surface area contributed by atoms with Crippen molar-refractivity contribution in [3.05, 3.63) is 12.7 Å². The molecular weight excluding hydrogens is 184 g/mol. The lowest BCUT2D eigenvalue weighted by Gasteiger charge is -2.14. The van der Waals surface area contributed by atoms with Crippen LogP contribution in [-0.2, 0) is 9.59 Å². The largest absolute Gasteiger partial charge is 0.481 e. The molecular formula is C9H16N2O3. The summed E-state index contributed by atoms with van der Waals surface area (Å²) >= 11 is 0. The predicted molar refractivity (Wildman–Crippen MR) is 52.6 cm³/mol. The van der Waals surface area contributed by atoms with Gasteiger partial charge in [0.05, 0.1) is 12.5 Å². The normalized spacial score (nSPS) is 14.1. The van der Waals surface area contributed by atoms with Crippen LogP contribution >= 0.6 is 0 Å². The molecule has 0 aromatic carbocycles. The number of amides is 1. The Labute approximate surface area is 83.0 Å². The summed E-state index contributed by atoms with van der Waals surface area (Å²) in [6.45, 7) is 5.32. The number of carbonyl (C=O) groups excluding carboxylic acids is 1. The molecule has 0 aromatic heterocycles. The SMILES string of the molecule is C=CCC(C)NC(=O)C(N)CC(=O)O. The molecule has 0 heterocycles. The van der Waals surface area contributed by atoms with E-state index in [1.165, 1.54) is 0 Å². The quantitative estimate of drug-likeness (QED) is 0.521. The van der Waals surface area contributed by atoms with E-state index in [2.05, 4.69) is 11.9 Å². The van der Waals surface area contributed by atoms with E-state index in [1.54, 1.807) is 13.0 Å². The lowest BCUT2D eigenvalue weighted by Crippen LogP contribution is -2.45. The Morgan fingerprint density at radius 3 is 2.64 bits per heavy atom. The first-order valence-electron chi connectivity index (χ1n) is 4.36. The molecule has 0 saturated heterocycles. The number of carbonyl (C=O) groups is 2. The molecule has 0 saturated carbocycles. The summed E-state index contributed by atoms with van der Waals surface area (Å²) in [5.41, 5.74) is 5.34. The fourth-order valence-electron chi connectivity index (χ4n) is 0.940. The van der Waals surface area contributed by atoms with E-state index >= 15 is 0 Å². The molecule has 0 rings (SSSR count). The van der Waals surface area contributed by atoms with Crippen LogP contribution in [0.5, 0.6) is 0 Å². The van der Waals surface area contributed by atoms with E-state index in [9.17, 15) is 9.59 Å². The third-order valence-electron chi connectivity index (χ3n) is 1.64. The van der Waals surface area contributed by atoms with Crippen molar-refractivity contribution in [3.63, 3.8) is 0 Å². The van der Waals surface area contributed by atoms with Crippen molar-refractivity contribution in [3.8, 4) is 0 Å². The van der Waals surface area contributed by atoms with Crippen molar-refractivity contribution in [1.82, 2.24) is 5.32 Å². The molecule has 0 aliphatic heterocycles. The highest BCUT2D eigenvalue weighted by molar-refractivity contribution is 5.86. The van der Waals surface area contributed by atoms with Crippen molar-refractivity contribution < 1.29 is 14.7 Å². The molecule has 80 valence electrons. The Morgan fingerprint density at radius 2 is 2.21 bits per heavy atom. The van der Waals surface area contributed by atoms with Gasteiger partial charge in [0, 0.05) is 6.04 Å². The lowest BCUT2D eigenvalue weighted by atomic mass is 10.1. The van der Waals surface area contributed by atoms with Crippen molar-refractivity contribution in [2.75, 3.05) is 0 Å². The average Bonchev–Trinajstić information content (AvgIpc) is 2.02. The molecule has 4 N–H and O–H groups in total. The van der Waals surface area contributed by atoms with Crippen LogP contribution in [0.1, 0.15) is 19.8 Å². The third-order valence-corrected chi connectivity index (χ3v) is 1.64. The van der Waals surface area contributed by atoms with Gasteiger partial charge in [-0.1, -0.05) is 6.08 Å². The number of hydrogen-bond acceptors (Lipinski definition) is 3. The van der Waals surface area contributed by atoms with E-state index in [1.807, 2.05) is 0 Å². The number of carboxylic acid groups (broad SMARTS) is 1. The molecule has 2 unspecified atom stereocenters. The van der Waals surface area contributed by atoms with Gasteiger partial charge in [0.15, 0.2) is 0 Å². The second-order valence-electron chi connectivity index (χ2n) is 3.14. The number of rotatable bonds is 6. The zero-order chi connectivity index (χ0) is 11.1. The van der Waals surface area contributed by atoms with Gasteiger partial charge < -0.3 is 16.2 Å². The van der Waals surface area contributed by atoms with Crippen molar-refractivity contribution in [1.29, 1.82) is 0 Å². The smallest absolute Gasteiger partial charge is 0.305 e. The summed E-state index contributed by atoms with van der Waals surface area (Å²) in [5.74, 6) is -1.52. The van der Waals surface area contributed by atoms with Gasteiger partial charge in [-0.15, -0.1) is 6.58 Å². The number of nitrogens with one attached hydrogen (secondary N) is 1. The fourth-order valence-corrected chi connectivity index (χ4v) is 0.940. The standard InChI is InChI=1S/C9H16N2O3/c1-3-4-6(2)11-9(14)7(10)5-8(12)13/h3,6-7H,1,4-5,10H2,2H3,(H,11,14)(H,12,13). The zero-order valence-corrected chi connectivity index (χ0v) is 8.19. The molecule has 0 bridgehead atoms. The van der Waals surface area contributed by atoms with Gasteiger partial charge in [0.1, 0.15) is 0 Å². The van der Waals surface area contributed by atoms with Crippen LogP contribution in [0.25, 0.3) is 0 Å². The van der Waals surface area contributed by atoms with Crippen LogP contribution in [0.4, 0.5) is 0 Å². The minimum Gasteiger partial charge on any atom is -0.481 e. The maximum Gasteiger partial charge on any atom is 0.305 e. The maximum absolute atomic E-state index is 11.2. The molecule has 1 amide bonds. The first-order chi connectivity index (χ1) is 6.47. The van der Waals surface area contributed by atoms with E-state index in [-0.39, 0.29) is 12.5 Å². The van der Waals surface area contributed by atoms with Gasteiger partial charge in [-0.05, 0) is 13.3 Å². The summed E-state index contributed by atoms with van der Waals surface area (Å²) in [4.78, 5) is 21.5. The number of carboxylic acids is 1. The van der Waals surface area contributed by atoms with E-state index in [0.717, 1.165) is 0 Å². The van der Waals surface area contributed by atoms with Crippen molar-refractivity contribution in [2.45, 2.75) is 31.8 Å². The molecule has 0 radical (unpaired) electrons. The van der Waals surface area contributed by atoms with Gasteiger partial charge in [-0.25, -0.2) is 0 Å². The van der Waals surface area contributed by atoms with E-state index in [4.69, 9.17) is 10.8 Å². The molecule has 2 atom stereocenters. The second kappa shape index (κ2) is 6.15. The van der Waals surface area contributed by atoms with Gasteiger partial charge in [0.25, 0.3) is 0 Å². The molecule has 5 nitrogen and oxygen atoms in total. The van der Waals surface area contributed by atoms with E-state index < -0.39 is 17.9 Å². The number of hydrogen-bond donors (Lipinski definition) is 3. The molecule has 14 heavy (non-hydrogen) atoms. The van der Waals surface area contributed by atoms with Crippen LogP contribution in [0.2, 0.25) is 0 Å². The lowest BCUT2D eigenvalue weighted by molar-refractivity contribution is -0.139. The van der Waals surface area contributed by atoms with Crippen LogP contribution in [-0.4, -0.2) is 29.1 Å². The highest BCUT2D eigenvalue weighted by Gasteiger charge is 2.17. The highest BCUT2D eigenvalue weighted by atomic mass is 16.4. The predicted octanol–water partition coefficient (Wildman–Crippen LogP) is -0.131. The highest BCUT2D eigenvalue weighted by Crippen LogP contribution is 1.94. The van der Waals surface area contributed by atoms with Gasteiger partial charge in [-0.2, -0.15) is 0 Å². The van der Waals surface area contributed by atoms with Crippen LogP contribution in [0, 0.1) is 0 Å². The molecule has 0 aliphatic rings. The Balaban J connectivity index is 3.94. The van der Waals surface area contributed by atoms with Crippen molar-refractivity contribution >= 4 is 11.9 Å². The Bertz CT molecular complexity index is 228. The Hall–Kier alpha value is -1.36. The monoisotopic (exact) mass is 200 g/mol. The van der Waals surface area contributed by atoms with Crippen molar-refractivity contribution in [2.24, 2.45) is 5.73 Å². The fraction of sp³-hybridized carbons (Fsp3) is 0.556. The summed E-state index contributed by atoms with van der Waals surface area (Å²) < 4.78 is 0. The summed E-state index contributed by atoms with van der Waals surface area (Å²) in [5, 5.41) is 11.0. The molecule has 0 spiro atoms. The number of nitrogens with two attached hydrogens (primary N) is 1. The van der Waals surface area contributed by atoms with Gasteiger partial charge in [0.2, 0.25) is 5.91 Å². The van der Waals surface area contributed by atoms with Crippen LogP contribution in [0.15, 0.2) is 12.7 Å². The Morgan fingerprint density at radius 1 is 1.64 bits per heavy atom. The average molecular weight is 200 g/mol. The van der Waals surface area contributed by atoms with Crippen LogP contribution < -0.4 is 11.1 Å². The van der Waals surface area contributed by atoms with Gasteiger partial charge in [-0.3, -0.25) is 9.59 Å². The summed E-state index contributed by atoms with van der Waals surface area (Å²) in [6, 6.07) is -1.06. The third kappa shape index (κ3) is 5.31. The zero-order valence-electron chi connectivity index (χ0n) is 8.19. The van der Waals surface area contributed by atoms with Gasteiger partial charge >= 0.3 is 5.97 Å². The molecule has 0 aliphatic carbocycles. The molecule has 0 fully saturated rings. The first-order valence-corrected chi connectivity index (χ1v) is 4.36. The van der Waals surface area contributed by atoms with Crippen LogP contribution in [0.3, 0.4) is 0 Å². The molecule has 5 heteroatoms. The maximum atomic E-state index is 11.2.